The Balaban J connectivity index is 1.41. The van der Waals surface area contributed by atoms with E-state index in [1.165, 1.54) is 35.9 Å². The van der Waals surface area contributed by atoms with Gasteiger partial charge in [0.2, 0.25) is 12.0 Å². The summed E-state index contributed by atoms with van der Waals surface area (Å²) in [6.45, 7) is 11.7. The average molecular weight is 761 g/mol. The van der Waals surface area contributed by atoms with Crippen molar-refractivity contribution in [3.8, 4) is 44.7 Å². The number of carbonyl (C=O) groups is 1. The lowest BCUT2D eigenvalue weighted by atomic mass is 9.96. The molecule has 3 aliphatic rings. The Hall–Kier alpha value is -4.49. The summed E-state index contributed by atoms with van der Waals surface area (Å²) in [4.78, 5) is 29.0. The highest BCUT2D eigenvalue weighted by Gasteiger charge is 2.32. The van der Waals surface area contributed by atoms with Gasteiger partial charge in [0.05, 0.1) is 10.4 Å². The van der Waals surface area contributed by atoms with Gasteiger partial charge in [-0.1, -0.05) is 29.8 Å². The largest absolute Gasteiger partial charge is 0.508 e. The van der Waals surface area contributed by atoms with Crippen LogP contribution in [0.2, 0.25) is 5.02 Å². The van der Waals surface area contributed by atoms with E-state index in [1.54, 1.807) is 45.0 Å². The zero-order valence-corrected chi connectivity index (χ0v) is 31.9. The molecule has 5 heterocycles. The van der Waals surface area contributed by atoms with Gasteiger partial charge < -0.3 is 29.0 Å². The number of piperazine rings is 1. The molecule has 0 unspecified atom stereocenters. The summed E-state index contributed by atoms with van der Waals surface area (Å²) in [6, 6.07) is 15.0. The Morgan fingerprint density at radius 2 is 1.81 bits per heavy atom. The highest BCUT2D eigenvalue weighted by Crippen LogP contribution is 2.49. The molecular weight excluding hydrogens is 719 g/mol. The smallest absolute Gasteiger partial charge is 0.348 e. The maximum Gasteiger partial charge on any atom is 0.348 e. The number of carbonyl (C=O) groups excluding carboxylic acids is 1. The van der Waals surface area contributed by atoms with E-state index in [1.807, 2.05) is 19.1 Å². The van der Waals surface area contributed by atoms with Gasteiger partial charge in [-0.05, 0) is 87.8 Å². The molecule has 3 aliphatic heterocycles. The quantitative estimate of drug-likeness (QED) is 0.185. The van der Waals surface area contributed by atoms with Crippen molar-refractivity contribution in [1.29, 1.82) is 0 Å². The number of phenolic OH excluding ortho intramolecular Hbond substituents is 1. The number of rotatable bonds is 4. The number of likely N-dealkylation sites (N-methyl/N-ethyl adjacent to an activating group) is 1. The van der Waals surface area contributed by atoms with Gasteiger partial charge in [-0.2, -0.15) is 0 Å². The van der Waals surface area contributed by atoms with Gasteiger partial charge in [-0.15, -0.1) is 11.3 Å². The fourth-order valence-electron chi connectivity index (χ4n) is 6.58. The molecule has 0 spiro atoms. The number of esters is 1. The number of nitrogens with zero attached hydrogens (tertiary/aromatic N) is 4. The number of benzene rings is 3. The molecule has 278 valence electrons. The molecule has 2 atom stereocenters. The van der Waals surface area contributed by atoms with Crippen molar-refractivity contribution in [2.24, 2.45) is 0 Å². The summed E-state index contributed by atoms with van der Waals surface area (Å²) in [5, 5.41) is 12.0. The first kappa shape index (κ1) is 36.9. The van der Waals surface area contributed by atoms with Gasteiger partial charge >= 0.3 is 5.97 Å². The number of aromatic nitrogens is 2. The highest BCUT2D eigenvalue weighted by atomic mass is 35.5. The first-order valence-corrected chi connectivity index (χ1v) is 18.8. The topological polar surface area (TPSA) is 106 Å². The number of thiophene rings is 1. The summed E-state index contributed by atoms with van der Waals surface area (Å²) in [5.41, 5.74) is 2.58. The Morgan fingerprint density at radius 3 is 2.55 bits per heavy atom. The summed E-state index contributed by atoms with van der Waals surface area (Å²) in [5.74, 6) is 0.119. The molecule has 5 aromatic rings. The Bertz CT molecular complexity index is 2130. The van der Waals surface area contributed by atoms with E-state index in [9.17, 15) is 14.3 Å². The summed E-state index contributed by atoms with van der Waals surface area (Å²) >= 11 is 8.57. The lowest BCUT2D eigenvalue weighted by molar-refractivity contribution is -0.163. The summed E-state index contributed by atoms with van der Waals surface area (Å²) < 4.78 is 39.5. The minimum atomic E-state index is -1.22. The van der Waals surface area contributed by atoms with E-state index in [4.69, 9.17) is 30.5 Å². The number of hydrogen-bond donors (Lipinski definition) is 1. The standard InChI is InChI=1S/C40H42ClFN4O6S/c1-23-29-11-13-31(35(23)41)50-28(20-46-16-14-45(5)15-17-46)21-49-27-10-12-30(47)25(18-27)19-32(39(48)52-40(2,3)4)51-37-34-33(29)36(53-38(34)44-22-43-37)24-6-8-26(42)9-7-24/h6-13,18,22,28,32,47H,14-17,19-21H2,1-5H3/t28-,32-/m1/s1. The van der Waals surface area contributed by atoms with E-state index in [0.29, 0.717) is 44.4 Å². The number of halogens is 2. The van der Waals surface area contributed by atoms with E-state index in [-0.39, 0.29) is 30.5 Å². The number of hydrogen-bond acceptors (Lipinski definition) is 11. The third-order valence-corrected chi connectivity index (χ3v) is 11.0. The van der Waals surface area contributed by atoms with Crippen molar-refractivity contribution in [1.82, 2.24) is 19.8 Å². The van der Waals surface area contributed by atoms with Crippen LogP contribution in [0.15, 0.2) is 60.9 Å². The molecule has 1 saturated heterocycles. The number of phenols is 1. The Labute approximate surface area is 317 Å². The minimum absolute atomic E-state index is 0.0275. The molecule has 1 N–H and O–H groups in total. The van der Waals surface area contributed by atoms with Crippen LogP contribution in [0.1, 0.15) is 31.9 Å². The van der Waals surface area contributed by atoms with Crippen LogP contribution in [0, 0.1) is 12.7 Å². The van der Waals surface area contributed by atoms with Crippen LogP contribution in [0.4, 0.5) is 4.39 Å². The normalized spacial score (nSPS) is 18.5. The summed E-state index contributed by atoms with van der Waals surface area (Å²) in [6.07, 6.45) is -0.284. The number of aromatic hydroxyl groups is 1. The molecule has 0 amide bonds. The molecule has 13 heteroatoms. The van der Waals surface area contributed by atoms with Crippen molar-refractivity contribution >= 4 is 39.1 Å². The Morgan fingerprint density at radius 1 is 1.06 bits per heavy atom. The molecule has 0 saturated carbocycles. The van der Waals surface area contributed by atoms with Crippen LogP contribution in [0.3, 0.4) is 0 Å². The van der Waals surface area contributed by atoms with Crippen LogP contribution in [0.25, 0.3) is 31.8 Å². The number of fused-ring (bicyclic) bond motifs is 7. The van der Waals surface area contributed by atoms with Gasteiger partial charge in [0.15, 0.2) is 0 Å². The predicted octanol–water partition coefficient (Wildman–Crippen LogP) is 7.55. The lowest BCUT2D eigenvalue weighted by Gasteiger charge is -2.34. The molecule has 1 fully saturated rings. The number of ether oxygens (including phenoxy) is 4. The SMILES string of the molecule is Cc1c2ccc(c1Cl)O[C@H](CN1CCN(C)CC1)COc1ccc(O)c(c1)C[C@H](C(=O)OC(C)(C)C)Oc1ncnc3sc(-c4ccc(F)cc4)c-2c13. The van der Waals surface area contributed by atoms with Gasteiger partial charge in [0, 0.05) is 55.1 Å². The van der Waals surface area contributed by atoms with Crippen LogP contribution in [0.5, 0.6) is 23.1 Å². The fraction of sp³-hybridized carbons (Fsp3) is 0.375. The second kappa shape index (κ2) is 15.1. The van der Waals surface area contributed by atoms with Crippen molar-refractivity contribution < 1.29 is 33.2 Å². The van der Waals surface area contributed by atoms with E-state index in [2.05, 4.69) is 26.8 Å². The second-order valence-electron chi connectivity index (χ2n) is 14.5. The van der Waals surface area contributed by atoms with E-state index >= 15 is 0 Å². The highest BCUT2D eigenvalue weighted by molar-refractivity contribution is 7.22. The van der Waals surface area contributed by atoms with E-state index < -0.39 is 23.8 Å². The van der Waals surface area contributed by atoms with E-state index in [0.717, 1.165) is 47.7 Å². The molecule has 10 nitrogen and oxygen atoms in total. The third kappa shape index (κ3) is 8.21. The molecule has 8 rings (SSSR count). The van der Waals surface area contributed by atoms with Gasteiger partial charge in [0.1, 0.15) is 52.5 Å². The van der Waals surface area contributed by atoms with Gasteiger partial charge in [-0.3, -0.25) is 4.90 Å². The van der Waals surface area contributed by atoms with Crippen molar-refractivity contribution in [2.75, 3.05) is 46.4 Å². The van der Waals surface area contributed by atoms with Gasteiger partial charge in [-0.25, -0.2) is 19.2 Å². The van der Waals surface area contributed by atoms with Crippen LogP contribution < -0.4 is 14.2 Å². The first-order chi connectivity index (χ1) is 25.3. The molecule has 3 aromatic carbocycles. The maximum atomic E-state index is 14.2. The molecule has 0 radical (unpaired) electrons. The third-order valence-electron chi connectivity index (χ3n) is 9.35. The van der Waals surface area contributed by atoms with Crippen molar-refractivity contribution in [2.45, 2.75) is 51.9 Å². The van der Waals surface area contributed by atoms with Crippen LogP contribution in [-0.4, -0.2) is 95.0 Å². The van der Waals surface area contributed by atoms with Crippen LogP contribution >= 0.6 is 22.9 Å². The molecule has 0 aliphatic carbocycles. The van der Waals surface area contributed by atoms with Crippen LogP contribution in [-0.2, 0) is 16.0 Å². The predicted molar refractivity (Wildman–Crippen MR) is 204 cm³/mol. The monoisotopic (exact) mass is 760 g/mol. The second-order valence-corrected chi connectivity index (χ2v) is 15.9. The zero-order chi connectivity index (χ0) is 37.4. The first-order valence-electron chi connectivity index (χ1n) is 17.6. The molecule has 4 bridgehead atoms. The maximum absolute atomic E-state index is 14.2. The van der Waals surface area contributed by atoms with Crippen molar-refractivity contribution in [3.05, 3.63) is 82.9 Å². The Kier molecular flexibility index (Phi) is 10.5. The average Bonchev–Trinajstić information content (AvgIpc) is 3.50. The minimum Gasteiger partial charge on any atom is -0.508 e. The molecule has 2 aromatic heterocycles. The zero-order valence-electron chi connectivity index (χ0n) is 30.3. The lowest BCUT2D eigenvalue weighted by Crippen LogP contribution is -2.49. The molecular formula is C40H42ClFN4O6S. The van der Waals surface area contributed by atoms with Crippen molar-refractivity contribution in [3.63, 3.8) is 0 Å². The fourth-order valence-corrected chi connectivity index (χ4v) is 7.94. The summed E-state index contributed by atoms with van der Waals surface area (Å²) in [7, 11) is 2.11. The molecule has 53 heavy (non-hydrogen) atoms. The van der Waals surface area contributed by atoms with Gasteiger partial charge in [0.25, 0.3) is 0 Å².